The number of aryl methyl sites for hydroxylation is 1. The van der Waals surface area contributed by atoms with Crippen molar-refractivity contribution in [3.63, 3.8) is 0 Å². The molecule has 38 heavy (non-hydrogen) atoms. The summed E-state index contributed by atoms with van der Waals surface area (Å²) < 4.78 is 33.2. The van der Waals surface area contributed by atoms with Crippen molar-refractivity contribution in [1.82, 2.24) is 9.88 Å². The molecule has 0 saturated carbocycles. The smallest absolute Gasteiger partial charge is 0.338 e. The highest BCUT2D eigenvalue weighted by Gasteiger charge is 2.31. The van der Waals surface area contributed by atoms with Crippen LogP contribution in [0.2, 0.25) is 0 Å². The summed E-state index contributed by atoms with van der Waals surface area (Å²) in [6.07, 6.45) is 8.10. The maximum Gasteiger partial charge on any atom is 0.338 e. The number of anilines is 1. The number of carbonyl (C=O) groups excluding carboxylic acids is 1. The summed E-state index contributed by atoms with van der Waals surface area (Å²) in [5.74, 6) is -0.424. The Morgan fingerprint density at radius 3 is 2.34 bits per heavy atom. The lowest BCUT2D eigenvalue weighted by Crippen LogP contribution is -2.47. The largest absolute Gasteiger partial charge is 0.462 e. The monoisotopic (exact) mass is 535 g/mol. The van der Waals surface area contributed by atoms with E-state index in [9.17, 15) is 13.2 Å². The molecule has 8 heteroatoms. The van der Waals surface area contributed by atoms with Gasteiger partial charge in [-0.2, -0.15) is 0 Å². The minimum Gasteiger partial charge on any atom is -0.462 e. The zero-order chi connectivity index (χ0) is 26.7. The van der Waals surface area contributed by atoms with Crippen LogP contribution in [0.1, 0.15) is 61.9 Å². The second kappa shape index (κ2) is 11.4. The Morgan fingerprint density at radius 2 is 1.68 bits per heavy atom. The van der Waals surface area contributed by atoms with Gasteiger partial charge in [-0.1, -0.05) is 25.5 Å². The first kappa shape index (κ1) is 26.6. The molecule has 0 amide bonds. The van der Waals surface area contributed by atoms with Gasteiger partial charge in [-0.3, -0.25) is 4.98 Å². The number of aromatic nitrogens is 1. The van der Waals surface area contributed by atoms with E-state index in [1.807, 2.05) is 19.1 Å². The number of ether oxygens (including phenoxy) is 1. The molecule has 3 aromatic rings. The first-order valence-electron chi connectivity index (χ1n) is 13.8. The maximum absolute atomic E-state index is 14.0. The van der Waals surface area contributed by atoms with Gasteiger partial charge in [0.05, 0.1) is 28.3 Å². The molecule has 5 rings (SSSR count). The van der Waals surface area contributed by atoms with Gasteiger partial charge in [0.25, 0.3) is 0 Å². The zero-order valence-electron chi connectivity index (χ0n) is 22.4. The van der Waals surface area contributed by atoms with Crippen LogP contribution in [0.5, 0.6) is 0 Å². The van der Waals surface area contributed by atoms with Crippen LogP contribution < -0.4 is 4.90 Å². The number of carbonyl (C=O) groups is 1. The molecule has 0 atom stereocenters. The second-order valence-electron chi connectivity index (χ2n) is 10.2. The molecule has 202 valence electrons. The molecule has 7 nitrogen and oxygen atoms in total. The van der Waals surface area contributed by atoms with E-state index in [1.165, 1.54) is 25.5 Å². The molecule has 0 aliphatic carbocycles. The molecule has 2 saturated heterocycles. The number of hydrogen-bond acceptors (Lipinski definition) is 7. The van der Waals surface area contributed by atoms with Crippen LogP contribution in [0.4, 0.5) is 5.69 Å². The number of piperidine rings is 2. The van der Waals surface area contributed by atoms with Crippen molar-refractivity contribution in [3.05, 3.63) is 59.8 Å². The number of sulfone groups is 1. The van der Waals surface area contributed by atoms with Gasteiger partial charge in [-0.05, 0) is 88.0 Å². The van der Waals surface area contributed by atoms with Gasteiger partial charge < -0.3 is 14.5 Å². The standard InChI is InChI=1S/C30H37N3O4S/c1-3-22-8-11-25(12-9-22)38(35,36)28-21-31-27-13-10-23(30(34)37-4-2)20-26(27)29(28)33-18-14-24(15-19-33)32-16-6-5-7-17-32/h8-13,20-21,24H,3-7,14-19H2,1-2H3. The molecule has 0 N–H and O–H groups in total. The minimum absolute atomic E-state index is 0.187. The highest BCUT2D eigenvalue weighted by Crippen LogP contribution is 2.38. The minimum atomic E-state index is -3.84. The van der Waals surface area contributed by atoms with Crippen molar-refractivity contribution in [2.24, 2.45) is 0 Å². The molecule has 0 radical (unpaired) electrons. The Morgan fingerprint density at radius 1 is 0.974 bits per heavy atom. The molecule has 3 heterocycles. The van der Waals surface area contributed by atoms with E-state index < -0.39 is 15.8 Å². The number of nitrogens with zero attached hydrogens (tertiary/aromatic N) is 3. The van der Waals surface area contributed by atoms with Gasteiger partial charge in [0, 0.05) is 30.7 Å². The molecule has 2 aliphatic rings. The maximum atomic E-state index is 14.0. The van der Waals surface area contributed by atoms with Gasteiger partial charge in [0.2, 0.25) is 9.84 Å². The van der Waals surface area contributed by atoms with E-state index >= 15 is 0 Å². The first-order valence-corrected chi connectivity index (χ1v) is 15.3. The number of hydrogen-bond donors (Lipinski definition) is 0. The fourth-order valence-corrected chi connectivity index (χ4v) is 7.23. The Hall–Kier alpha value is -2.97. The first-order chi connectivity index (χ1) is 18.4. The van der Waals surface area contributed by atoms with E-state index in [0.29, 0.717) is 28.2 Å². The molecular formula is C30H37N3O4S. The summed E-state index contributed by atoms with van der Waals surface area (Å²) in [6.45, 7) is 7.89. The third kappa shape index (κ3) is 5.29. The van der Waals surface area contributed by atoms with Crippen LogP contribution in [0.3, 0.4) is 0 Å². The molecule has 0 unspecified atom stereocenters. The van der Waals surface area contributed by atoms with Crippen molar-refractivity contribution in [3.8, 4) is 0 Å². The topological polar surface area (TPSA) is 79.8 Å². The van der Waals surface area contributed by atoms with Gasteiger partial charge >= 0.3 is 5.97 Å². The van der Waals surface area contributed by atoms with Crippen LogP contribution in [-0.2, 0) is 21.0 Å². The van der Waals surface area contributed by atoms with Crippen LogP contribution in [0.15, 0.2) is 58.5 Å². The van der Waals surface area contributed by atoms with Crippen LogP contribution in [0.25, 0.3) is 10.9 Å². The normalized spacial score (nSPS) is 17.6. The third-order valence-electron chi connectivity index (χ3n) is 7.94. The summed E-state index contributed by atoms with van der Waals surface area (Å²) in [6, 6.07) is 12.8. The van der Waals surface area contributed by atoms with Crippen molar-refractivity contribution < 1.29 is 17.9 Å². The highest BCUT2D eigenvalue weighted by molar-refractivity contribution is 7.91. The fraction of sp³-hybridized carbons (Fsp3) is 0.467. The van der Waals surface area contributed by atoms with Crippen molar-refractivity contribution >= 4 is 32.4 Å². The predicted molar refractivity (Wildman–Crippen MR) is 150 cm³/mol. The summed E-state index contributed by atoms with van der Waals surface area (Å²) in [5, 5.41) is 0.665. The average molecular weight is 536 g/mol. The van der Waals surface area contributed by atoms with Gasteiger partial charge in [-0.15, -0.1) is 0 Å². The number of pyridine rings is 1. The summed E-state index contributed by atoms with van der Waals surface area (Å²) in [5.41, 5.74) is 2.77. The SMILES string of the molecule is CCOC(=O)c1ccc2ncc(S(=O)(=O)c3ccc(CC)cc3)c(N3CCC(N4CCCCC4)CC3)c2c1. The van der Waals surface area contributed by atoms with E-state index in [4.69, 9.17) is 4.74 Å². The number of benzene rings is 2. The molecule has 2 aliphatic heterocycles. The van der Waals surface area contributed by atoms with Crippen LogP contribution in [-0.4, -0.2) is 63.1 Å². The van der Waals surface area contributed by atoms with Crippen molar-refractivity contribution in [2.45, 2.75) is 68.2 Å². The van der Waals surface area contributed by atoms with E-state index in [0.717, 1.165) is 51.0 Å². The third-order valence-corrected chi connectivity index (χ3v) is 9.71. The van der Waals surface area contributed by atoms with Crippen molar-refractivity contribution in [1.29, 1.82) is 0 Å². The summed E-state index contributed by atoms with van der Waals surface area (Å²) in [4.78, 5) is 22.3. The lowest BCUT2D eigenvalue weighted by molar-refractivity contribution is 0.0526. The van der Waals surface area contributed by atoms with Crippen LogP contribution >= 0.6 is 0 Å². The average Bonchev–Trinajstić information content (AvgIpc) is 2.97. The molecule has 2 aromatic carbocycles. The highest BCUT2D eigenvalue weighted by atomic mass is 32.2. The van der Waals surface area contributed by atoms with E-state index in [2.05, 4.69) is 14.8 Å². The van der Waals surface area contributed by atoms with Crippen molar-refractivity contribution in [2.75, 3.05) is 37.7 Å². The fourth-order valence-electron chi connectivity index (χ4n) is 5.79. The van der Waals surface area contributed by atoms with Crippen LogP contribution in [0, 0.1) is 0 Å². The lowest BCUT2D eigenvalue weighted by atomic mass is 9.99. The molecule has 1 aromatic heterocycles. The quantitative estimate of drug-likeness (QED) is 0.382. The molecule has 0 bridgehead atoms. The summed E-state index contributed by atoms with van der Waals surface area (Å²) >= 11 is 0. The summed E-state index contributed by atoms with van der Waals surface area (Å²) in [7, 11) is -3.84. The molecule has 2 fully saturated rings. The Labute approximate surface area is 225 Å². The predicted octanol–water partition coefficient (Wildman–Crippen LogP) is 5.26. The second-order valence-corrected chi connectivity index (χ2v) is 12.2. The zero-order valence-corrected chi connectivity index (χ0v) is 23.2. The number of rotatable bonds is 7. The Kier molecular flexibility index (Phi) is 8.00. The van der Waals surface area contributed by atoms with E-state index in [-0.39, 0.29) is 16.4 Å². The molecule has 0 spiro atoms. The Bertz CT molecular complexity index is 1390. The number of likely N-dealkylation sites (tertiary alicyclic amines) is 1. The lowest BCUT2D eigenvalue weighted by Gasteiger charge is -2.41. The van der Waals surface area contributed by atoms with Gasteiger partial charge in [0.15, 0.2) is 0 Å². The van der Waals surface area contributed by atoms with E-state index in [1.54, 1.807) is 37.3 Å². The number of esters is 1. The van der Waals surface area contributed by atoms with Gasteiger partial charge in [-0.25, -0.2) is 13.2 Å². The number of fused-ring (bicyclic) bond motifs is 1. The Balaban J connectivity index is 1.58. The van der Waals surface area contributed by atoms with Gasteiger partial charge in [0.1, 0.15) is 4.90 Å². The molecular weight excluding hydrogens is 498 g/mol.